The van der Waals surface area contributed by atoms with E-state index in [4.69, 9.17) is 9.73 Å². The molecule has 1 unspecified atom stereocenters. The highest BCUT2D eigenvalue weighted by Gasteiger charge is 2.09. The number of aromatic nitrogens is 3. The summed E-state index contributed by atoms with van der Waals surface area (Å²) in [6.07, 6.45) is -0.0207. The number of aliphatic imine (C=N–C) groups is 1. The molecule has 0 aliphatic carbocycles. The summed E-state index contributed by atoms with van der Waals surface area (Å²) in [6, 6.07) is 18.2. The Morgan fingerprint density at radius 1 is 1.06 bits per heavy atom. The van der Waals surface area contributed by atoms with Gasteiger partial charge in [-0.15, -0.1) is 34.2 Å². The van der Waals surface area contributed by atoms with Gasteiger partial charge in [0.25, 0.3) is 0 Å². The zero-order valence-corrected chi connectivity index (χ0v) is 20.8. The van der Waals surface area contributed by atoms with Gasteiger partial charge in [0.15, 0.2) is 11.8 Å². The van der Waals surface area contributed by atoms with Crippen molar-refractivity contribution in [2.24, 2.45) is 12.0 Å². The molecule has 1 aromatic heterocycles. The molecular formula is C23H31IN6O. The largest absolute Gasteiger partial charge is 0.489 e. The molecule has 0 radical (unpaired) electrons. The molecule has 1 heterocycles. The maximum atomic E-state index is 6.02. The van der Waals surface area contributed by atoms with Crippen molar-refractivity contribution in [3.8, 4) is 5.75 Å². The Morgan fingerprint density at radius 2 is 1.84 bits per heavy atom. The van der Waals surface area contributed by atoms with Crippen LogP contribution in [0.2, 0.25) is 0 Å². The quantitative estimate of drug-likeness (QED) is 0.262. The van der Waals surface area contributed by atoms with Gasteiger partial charge in [-0.25, -0.2) is 4.99 Å². The van der Waals surface area contributed by atoms with Crippen LogP contribution < -0.4 is 15.4 Å². The molecule has 0 amide bonds. The lowest BCUT2D eigenvalue weighted by atomic mass is 10.2. The molecular weight excluding hydrogens is 503 g/mol. The number of nitrogens with zero attached hydrogens (tertiary/aromatic N) is 4. The second-order valence-corrected chi connectivity index (χ2v) is 7.35. The Morgan fingerprint density at radius 3 is 2.52 bits per heavy atom. The number of benzene rings is 2. The van der Waals surface area contributed by atoms with Crippen molar-refractivity contribution in [1.29, 1.82) is 0 Å². The summed E-state index contributed by atoms with van der Waals surface area (Å²) in [5.74, 6) is 3.31. The van der Waals surface area contributed by atoms with Crippen LogP contribution in [0.1, 0.15) is 29.7 Å². The minimum absolute atomic E-state index is 0. The first kappa shape index (κ1) is 24.6. The first-order valence-electron chi connectivity index (χ1n) is 10.2. The highest BCUT2D eigenvalue weighted by molar-refractivity contribution is 14.0. The molecule has 3 aromatic rings. The van der Waals surface area contributed by atoms with Crippen LogP contribution in [0, 0.1) is 13.8 Å². The summed E-state index contributed by atoms with van der Waals surface area (Å²) in [5.41, 5.74) is 2.33. The van der Waals surface area contributed by atoms with E-state index >= 15 is 0 Å². The van der Waals surface area contributed by atoms with Crippen LogP contribution in [-0.2, 0) is 20.1 Å². The molecule has 0 bridgehead atoms. The van der Waals surface area contributed by atoms with E-state index in [1.165, 1.54) is 5.56 Å². The standard InChI is InChI=1S/C23H30N6O.HI/c1-17-9-8-12-21(13-17)30-18(2)14-24-23(25-15-20-10-6-5-7-11-20)26-16-22-28-27-19(3)29(22)4;/h5-13,18H,14-16H2,1-4H3,(H2,24,25,26);1H. The van der Waals surface area contributed by atoms with Crippen molar-refractivity contribution in [3.05, 3.63) is 77.4 Å². The maximum Gasteiger partial charge on any atom is 0.192 e. The minimum atomic E-state index is -0.0207. The molecule has 0 spiro atoms. The molecule has 0 saturated carbocycles. The maximum absolute atomic E-state index is 6.02. The van der Waals surface area contributed by atoms with Gasteiger partial charge in [0.2, 0.25) is 0 Å². The first-order valence-corrected chi connectivity index (χ1v) is 10.2. The number of hydrogen-bond acceptors (Lipinski definition) is 4. The van der Waals surface area contributed by atoms with E-state index in [-0.39, 0.29) is 30.1 Å². The molecule has 2 aromatic carbocycles. The molecule has 3 rings (SSSR count). The lowest BCUT2D eigenvalue weighted by molar-refractivity contribution is 0.223. The first-order chi connectivity index (χ1) is 14.5. The van der Waals surface area contributed by atoms with Gasteiger partial charge in [-0.3, -0.25) is 0 Å². The van der Waals surface area contributed by atoms with Crippen LogP contribution in [0.25, 0.3) is 0 Å². The second kappa shape index (κ2) is 12.3. The summed E-state index contributed by atoms with van der Waals surface area (Å²) >= 11 is 0. The Balaban J connectivity index is 0.00000341. The third-order valence-electron chi connectivity index (χ3n) is 4.74. The molecule has 2 N–H and O–H groups in total. The highest BCUT2D eigenvalue weighted by atomic mass is 127. The van der Waals surface area contributed by atoms with E-state index in [0.29, 0.717) is 25.6 Å². The number of ether oxygens (including phenoxy) is 1. The fourth-order valence-corrected chi connectivity index (χ4v) is 2.90. The molecule has 166 valence electrons. The molecule has 0 aliphatic heterocycles. The van der Waals surface area contributed by atoms with Gasteiger partial charge < -0.3 is 19.9 Å². The lowest BCUT2D eigenvalue weighted by Gasteiger charge is -2.18. The Hall–Kier alpha value is -2.62. The molecule has 0 fully saturated rings. The number of nitrogens with one attached hydrogen (secondary N) is 2. The van der Waals surface area contributed by atoms with Crippen molar-refractivity contribution >= 4 is 29.9 Å². The average Bonchev–Trinajstić information content (AvgIpc) is 3.06. The molecule has 1 atom stereocenters. The highest BCUT2D eigenvalue weighted by Crippen LogP contribution is 2.13. The SMILES string of the molecule is Cc1cccc(OC(C)CNC(=NCc2ccccc2)NCc2nnc(C)n2C)c1.I. The predicted molar refractivity (Wildman–Crippen MR) is 135 cm³/mol. The van der Waals surface area contributed by atoms with E-state index in [1.54, 1.807) is 0 Å². The lowest BCUT2D eigenvalue weighted by Crippen LogP contribution is -2.42. The van der Waals surface area contributed by atoms with Crippen LogP contribution in [-0.4, -0.2) is 33.4 Å². The van der Waals surface area contributed by atoms with Crippen molar-refractivity contribution < 1.29 is 4.74 Å². The van der Waals surface area contributed by atoms with E-state index < -0.39 is 0 Å². The number of rotatable bonds is 8. The normalized spacial score (nSPS) is 12.1. The molecule has 7 nitrogen and oxygen atoms in total. The van der Waals surface area contributed by atoms with Crippen molar-refractivity contribution in [1.82, 2.24) is 25.4 Å². The summed E-state index contributed by atoms with van der Waals surface area (Å²) in [4.78, 5) is 4.72. The number of guanidine groups is 1. The Kier molecular flexibility index (Phi) is 9.77. The van der Waals surface area contributed by atoms with Crippen molar-refractivity contribution in [2.75, 3.05) is 6.54 Å². The van der Waals surface area contributed by atoms with Crippen molar-refractivity contribution in [2.45, 2.75) is 40.0 Å². The van der Waals surface area contributed by atoms with E-state index in [2.05, 4.69) is 46.0 Å². The molecule has 0 saturated heterocycles. The third-order valence-corrected chi connectivity index (χ3v) is 4.74. The molecule has 31 heavy (non-hydrogen) atoms. The van der Waals surface area contributed by atoms with Gasteiger partial charge in [0, 0.05) is 7.05 Å². The van der Waals surface area contributed by atoms with E-state index in [0.717, 1.165) is 23.0 Å². The third kappa shape index (κ3) is 7.86. The van der Waals surface area contributed by atoms with Gasteiger partial charge in [-0.1, -0.05) is 42.5 Å². The van der Waals surface area contributed by atoms with E-state index in [1.807, 2.05) is 61.9 Å². The molecule has 0 aliphatic rings. The second-order valence-electron chi connectivity index (χ2n) is 7.35. The van der Waals surface area contributed by atoms with Crippen LogP contribution in [0.4, 0.5) is 0 Å². The topological polar surface area (TPSA) is 76.4 Å². The van der Waals surface area contributed by atoms with Crippen molar-refractivity contribution in [3.63, 3.8) is 0 Å². The van der Waals surface area contributed by atoms with Gasteiger partial charge in [0.1, 0.15) is 17.7 Å². The van der Waals surface area contributed by atoms with Crippen LogP contribution in [0.5, 0.6) is 5.75 Å². The minimum Gasteiger partial charge on any atom is -0.489 e. The van der Waals surface area contributed by atoms with Crippen LogP contribution >= 0.6 is 24.0 Å². The van der Waals surface area contributed by atoms with Gasteiger partial charge in [0.05, 0.1) is 19.6 Å². The number of halogens is 1. The van der Waals surface area contributed by atoms with E-state index in [9.17, 15) is 0 Å². The Labute approximate surface area is 201 Å². The predicted octanol–water partition coefficient (Wildman–Crippen LogP) is 3.75. The monoisotopic (exact) mass is 534 g/mol. The Bertz CT molecular complexity index is 973. The fourth-order valence-electron chi connectivity index (χ4n) is 2.90. The smallest absolute Gasteiger partial charge is 0.192 e. The summed E-state index contributed by atoms with van der Waals surface area (Å²) in [7, 11) is 1.96. The van der Waals surface area contributed by atoms with Gasteiger partial charge in [-0.05, 0) is 44.0 Å². The fraction of sp³-hybridized carbons (Fsp3) is 0.348. The van der Waals surface area contributed by atoms with Gasteiger partial charge in [-0.2, -0.15) is 0 Å². The van der Waals surface area contributed by atoms with Crippen LogP contribution in [0.15, 0.2) is 59.6 Å². The van der Waals surface area contributed by atoms with Gasteiger partial charge >= 0.3 is 0 Å². The number of aryl methyl sites for hydroxylation is 2. The summed E-state index contributed by atoms with van der Waals surface area (Å²) in [6.45, 7) is 7.76. The zero-order chi connectivity index (χ0) is 21.3. The molecule has 8 heteroatoms. The zero-order valence-electron chi connectivity index (χ0n) is 18.5. The average molecular weight is 534 g/mol. The summed E-state index contributed by atoms with van der Waals surface area (Å²) < 4.78 is 7.99. The van der Waals surface area contributed by atoms with Crippen LogP contribution in [0.3, 0.4) is 0 Å². The summed E-state index contributed by atoms with van der Waals surface area (Å²) in [5, 5.41) is 15.0. The number of hydrogen-bond donors (Lipinski definition) is 2.